The molecule has 0 bridgehead atoms. The van der Waals surface area contributed by atoms with Gasteiger partial charge in [-0.25, -0.2) is 0 Å². The van der Waals surface area contributed by atoms with E-state index in [9.17, 15) is 15.3 Å². The average molecular weight is 287 g/mol. The zero-order valence-electron chi connectivity index (χ0n) is 10.1. The number of rotatable bonds is 3. The van der Waals surface area contributed by atoms with Crippen LogP contribution in [0.5, 0.6) is 5.75 Å². The van der Waals surface area contributed by atoms with Crippen molar-refractivity contribution in [1.29, 1.82) is 0 Å². The van der Waals surface area contributed by atoms with E-state index in [2.05, 4.69) is 12.6 Å². The van der Waals surface area contributed by atoms with Crippen LogP contribution in [0.1, 0.15) is 0 Å². The fraction of sp³-hybridized carbons (Fsp3) is 0.500. The number of thiol groups is 1. The Hall–Kier alpha value is -0.990. The molecule has 2 rings (SSSR count). The molecule has 1 unspecified atom stereocenters. The lowest BCUT2D eigenvalue weighted by Gasteiger charge is -2.39. The SMILES string of the molecule is Nc1ccc(OC2O[C@H](CS)[C@H](O)[C@H](O)[C@H]2O)cc1. The Morgan fingerprint density at radius 3 is 2.32 bits per heavy atom. The molecule has 1 aliphatic rings. The molecule has 0 radical (unpaired) electrons. The first-order chi connectivity index (χ1) is 9.02. The third kappa shape index (κ3) is 3.13. The molecule has 5 N–H and O–H groups in total. The minimum absolute atomic E-state index is 0.201. The van der Waals surface area contributed by atoms with Crippen LogP contribution in [0.3, 0.4) is 0 Å². The maximum atomic E-state index is 9.83. The fourth-order valence-electron chi connectivity index (χ4n) is 1.85. The molecule has 0 aromatic heterocycles. The summed E-state index contributed by atoms with van der Waals surface area (Å²) in [5.41, 5.74) is 6.14. The average Bonchev–Trinajstić information content (AvgIpc) is 2.42. The second-order valence-electron chi connectivity index (χ2n) is 4.38. The van der Waals surface area contributed by atoms with Gasteiger partial charge in [-0.3, -0.25) is 0 Å². The molecule has 1 saturated heterocycles. The quantitative estimate of drug-likeness (QED) is 0.375. The number of aliphatic hydroxyl groups is 3. The molecule has 6 nitrogen and oxygen atoms in total. The van der Waals surface area contributed by atoms with Gasteiger partial charge in [-0.05, 0) is 24.3 Å². The van der Waals surface area contributed by atoms with Gasteiger partial charge in [-0.15, -0.1) is 0 Å². The summed E-state index contributed by atoms with van der Waals surface area (Å²) in [4.78, 5) is 0. The van der Waals surface area contributed by atoms with Gasteiger partial charge in [0.25, 0.3) is 0 Å². The van der Waals surface area contributed by atoms with E-state index >= 15 is 0 Å². The van der Waals surface area contributed by atoms with E-state index in [1.54, 1.807) is 24.3 Å². The van der Waals surface area contributed by atoms with Crippen molar-refractivity contribution >= 4 is 18.3 Å². The molecule has 1 fully saturated rings. The summed E-state index contributed by atoms with van der Waals surface area (Å²) in [5, 5.41) is 29.2. The molecule has 1 heterocycles. The molecule has 1 aromatic rings. The van der Waals surface area contributed by atoms with E-state index in [0.717, 1.165) is 0 Å². The van der Waals surface area contributed by atoms with Crippen molar-refractivity contribution in [3.63, 3.8) is 0 Å². The van der Waals surface area contributed by atoms with E-state index in [1.165, 1.54) is 0 Å². The summed E-state index contributed by atoms with van der Waals surface area (Å²) in [6, 6.07) is 6.54. The normalized spacial score (nSPS) is 35.1. The molecule has 106 valence electrons. The Bertz CT molecular complexity index is 413. The first-order valence-corrected chi connectivity index (χ1v) is 6.49. The van der Waals surface area contributed by atoms with E-state index in [4.69, 9.17) is 15.2 Å². The molecule has 19 heavy (non-hydrogen) atoms. The van der Waals surface area contributed by atoms with E-state index in [0.29, 0.717) is 11.4 Å². The number of hydrogen-bond donors (Lipinski definition) is 5. The summed E-state index contributed by atoms with van der Waals surface area (Å²) in [5.74, 6) is 0.645. The molecule has 1 aromatic carbocycles. The Labute approximate surface area is 116 Å². The van der Waals surface area contributed by atoms with Gasteiger partial charge < -0.3 is 30.5 Å². The van der Waals surface area contributed by atoms with Crippen molar-refractivity contribution in [1.82, 2.24) is 0 Å². The highest BCUT2D eigenvalue weighted by Crippen LogP contribution is 2.25. The van der Waals surface area contributed by atoms with Crippen LogP contribution in [0.15, 0.2) is 24.3 Å². The molecular formula is C12H17NO5S. The van der Waals surface area contributed by atoms with Gasteiger partial charge in [0.1, 0.15) is 24.1 Å². The van der Waals surface area contributed by atoms with Gasteiger partial charge in [0.15, 0.2) is 0 Å². The molecule has 0 saturated carbocycles. The zero-order valence-corrected chi connectivity index (χ0v) is 11.0. The minimum atomic E-state index is -1.34. The van der Waals surface area contributed by atoms with Gasteiger partial charge >= 0.3 is 0 Å². The maximum Gasteiger partial charge on any atom is 0.229 e. The van der Waals surface area contributed by atoms with Crippen molar-refractivity contribution in [2.75, 3.05) is 11.5 Å². The Kier molecular flexibility index (Phi) is 4.54. The number of nitrogens with two attached hydrogens (primary N) is 1. The summed E-state index contributed by atoms with van der Waals surface area (Å²) in [6.07, 6.45) is -5.66. The van der Waals surface area contributed by atoms with Crippen LogP contribution in [0.4, 0.5) is 5.69 Å². The molecular weight excluding hydrogens is 270 g/mol. The van der Waals surface area contributed by atoms with Crippen LogP contribution in [-0.2, 0) is 4.74 Å². The summed E-state index contributed by atoms with van der Waals surface area (Å²) < 4.78 is 10.8. The van der Waals surface area contributed by atoms with Crippen molar-refractivity contribution < 1.29 is 24.8 Å². The third-order valence-electron chi connectivity index (χ3n) is 2.98. The topological polar surface area (TPSA) is 105 Å². The van der Waals surface area contributed by atoms with Crippen molar-refractivity contribution in [3.05, 3.63) is 24.3 Å². The number of benzene rings is 1. The number of hydrogen-bond acceptors (Lipinski definition) is 7. The fourth-order valence-corrected chi connectivity index (χ4v) is 2.15. The van der Waals surface area contributed by atoms with Gasteiger partial charge in [0.2, 0.25) is 6.29 Å². The Morgan fingerprint density at radius 1 is 1.11 bits per heavy atom. The Balaban J connectivity index is 2.08. The van der Waals surface area contributed by atoms with Gasteiger partial charge in [-0.1, -0.05) is 0 Å². The second kappa shape index (κ2) is 5.98. The van der Waals surface area contributed by atoms with Crippen LogP contribution in [0.2, 0.25) is 0 Å². The minimum Gasteiger partial charge on any atom is -0.462 e. The molecule has 0 aliphatic carbocycles. The lowest BCUT2D eigenvalue weighted by atomic mass is 10.00. The highest BCUT2D eigenvalue weighted by molar-refractivity contribution is 7.80. The molecule has 5 atom stereocenters. The van der Waals surface area contributed by atoms with Crippen LogP contribution in [0, 0.1) is 0 Å². The first kappa shape index (κ1) is 14.4. The zero-order chi connectivity index (χ0) is 14.0. The molecule has 1 aliphatic heterocycles. The van der Waals surface area contributed by atoms with Crippen molar-refractivity contribution in [2.45, 2.75) is 30.7 Å². The van der Waals surface area contributed by atoms with Gasteiger partial charge in [-0.2, -0.15) is 12.6 Å². The van der Waals surface area contributed by atoms with Crippen LogP contribution >= 0.6 is 12.6 Å². The summed E-state index contributed by atoms with van der Waals surface area (Å²) in [7, 11) is 0. The molecule has 7 heteroatoms. The Morgan fingerprint density at radius 2 is 1.74 bits per heavy atom. The van der Waals surface area contributed by atoms with Crippen LogP contribution in [0.25, 0.3) is 0 Å². The monoisotopic (exact) mass is 287 g/mol. The molecule has 0 spiro atoms. The predicted octanol–water partition coefficient (Wildman–Crippen LogP) is -0.615. The number of ether oxygens (including phenoxy) is 2. The second-order valence-corrected chi connectivity index (χ2v) is 4.75. The highest BCUT2D eigenvalue weighted by atomic mass is 32.1. The van der Waals surface area contributed by atoms with Crippen molar-refractivity contribution in [2.24, 2.45) is 0 Å². The van der Waals surface area contributed by atoms with Gasteiger partial charge in [0, 0.05) is 11.4 Å². The van der Waals surface area contributed by atoms with Gasteiger partial charge in [0.05, 0.1) is 6.10 Å². The van der Waals surface area contributed by atoms with E-state index < -0.39 is 30.7 Å². The maximum absolute atomic E-state index is 9.83. The van der Waals surface area contributed by atoms with E-state index in [1.807, 2.05) is 0 Å². The van der Waals surface area contributed by atoms with Crippen LogP contribution in [-0.4, -0.2) is 51.8 Å². The number of anilines is 1. The molecule has 0 amide bonds. The summed E-state index contributed by atoms with van der Waals surface area (Å²) in [6.45, 7) is 0. The highest BCUT2D eigenvalue weighted by Gasteiger charge is 2.44. The number of aliphatic hydroxyl groups excluding tert-OH is 3. The predicted molar refractivity (Wildman–Crippen MR) is 72.0 cm³/mol. The lowest BCUT2D eigenvalue weighted by molar-refractivity contribution is -0.266. The lowest BCUT2D eigenvalue weighted by Crippen LogP contribution is -2.59. The smallest absolute Gasteiger partial charge is 0.229 e. The van der Waals surface area contributed by atoms with Crippen molar-refractivity contribution in [3.8, 4) is 5.75 Å². The summed E-state index contributed by atoms with van der Waals surface area (Å²) >= 11 is 4.02. The largest absolute Gasteiger partial charge is 0.462 e. The number of nitrogen functional groups attached to an aromatic ring is 1. The third-order valence-corrected chi connectivity index (χ3v) is 3.34. The standard InChI is InChI=1S/C12H17NO5S/c13-6-1-3-7(4-2-6)17-12-11(16)10(15)9(14)8(5-19)18-12/h1-4,8-12,14-16,19H,5,13H2/t8-,9+,10+,11-,12?/m1/s1. The first-order valence-electron chi connectivity index (χ1n) is 5.85. The van der Waals surface area contributed by atoms with Crippen LogP contribution < -0.4 is 10.5 Å². The van der Waals surface area contributed by atoms with E-state index in [-0.39, 0.29) is 5.75 Å².